The zero-order chi connectivity index (χ0) is 24.2. The summed E-state index contributed by atoms with van der Waals surface area (Å²) in [6, 6.07) is 11.9. The van der Waals surface area contributed by atoms with E-state index in [1.54, 1.807) is 30.3 Å². The molecule has 0 amide bonds. The number of esters is 1. The number of aromatic nitrogens is 1. The van der Waals surface area contributed by atoms with E-state index in [2.05, 4.69) is 4.99 Å². The molecule has 0 fully saturated rings. The van der Waals surface area contributed by atoms with E-state index >= 15 is 0 Å². The number of hydrogen-bond acceptors (Lipinski definition) is 7. The first-order valence-corrected chi connectivity index (χ1v) is 11.9. The molecule has 0 radical (unpaired) electrons. The summed E-state index contributed by atoms with van der Waals surface area (Å²) in [6.07, 6.45) is 3.22. The van der Waals surface area contributed by atoms with Crippen LogP contribution in [0.25, 0.3) is 6.08 Å². The van der Waals surface area contributed by atoms with Gasteiger partial charge in [-0.1, -0.05) is 41.1 Å². The van der Waals surface area contributed by atoms with E-state index in [0.29, 0.717) is 44.6 Å². The molecule has 0 spiro atoms. The molecule has 2 heterocycles. The second kappa shape index (κ2) is 10.3. The predicted molar refractivity (Wildman–Crippen MR) is 131 cm³/mol. The number of hydrogen-bond donors (Lipinski definition) is 0. The standard InChI is InChI=1S/C25H23ClN2O5S/c1-4-32-19-10-9-16(13-20(19)33-5-2)22-18(24(30)31-3)14-27-25-28(22)23(29)21(34-25)12-15-7-6-8-17(26)11-15/h6-14,22H,4-5H2,1-3H3/b21-12-/t22-/m0/s1. The zero-order valence-corrected chi connectivity index (χ0v) is 20.5. The number of nitrogens with zero attached hydrogens (tertiary/aromatic N) is 2. The number of methoxy groups -OCH3 is 1. The van der Waals surface area contributed by atoms with Gasteiger partial charge in [-0.2, -0.15) is 0 Å². The normalized spacial score (nSPS) is 15.2. The van der Waals surface area contributed by atoms with Crippen LogP contribution in [0.5, 0.6) is 11.5 Å². The largest absolute Gasteiger partial charge is 0.490 e. The maximum absolute atomic E-state index is 13.5. The molecule has 0 saturated heterocycles. The lowest BCUT2D eigenvalue weighted by molar-refractivity contribution is -0.136. The fourth-order valence-corrected chi connectivity index (χ4v) is 4.90. The number of carbonyl (C=O) groups is 1. The van der Waals surface area contributed by atoms with E-state index in [4.69, 9.17) is 25.8 Å². The van der Waals surface area contributed by atoms with E-state index < -0.39 is 12.0 Å². The van der Waals surface area contributed by atoms with Crippen molar-refractivity contribution in [3.05, 3.63) is 90.1 Å². The van der Waals surface area contributed by atoms with Gasteiger partial charge in [0.25, 0.3) is 5.56 Å². The maximum Gasteiger partial charge on any atom is 0.337 e. The third-order valence-electron chi connectivity index (χ3n) is 5.15. The van der Waals surface area contributed by atoms with Gasteiger partial charge in [0.05, 0.1) is 36.5 Å². The highest BCUT2D eigenvalue weighted by molar-refractivity contribution is 7.07. The Bertz CT molecular complexity index is 1440. The highest BCUT2D eigenvalue weighted by Crippen LogP contribution is 2.35. The monoisotopic (exact) mass is 498 g/mol. The summed E-state index contributed by atoms with van der Waals surface area (Å²) >= 11 is 7.34. The van der Waals surface area contributed by atoms with Crippen LogP contribution in [0.1, 0.15) is 31.0 Å². The summed E-state index contributed by atoms with van der Waals surface area (Å²) in [4.78, 5) is 31.0. The molecule has 4 rings (SSSR count). The molecule has 34 heavy (non-hydrogen) atoms. The van der Waals surface area contributed by atoms with Crippen molar-refractivity contribution in [1.29, 1.82) is 0 Å². The van der Waals surface area contributed by atoms with Gasteiger partial charge in [-0.05, 0) is 55.3 Å². The predicted octanol–water partition coefficient (Wildman–Crippen LogP) is 3.47. The minimum absolute atomic E-state index is 0.246. The summed E-state index contributed by atoms with van der Waals surface area (Å²) < 4.78 is 18.4. The third kappa shape index (κ3) is 4.64. The Hall–Kier alpha value is -3.36. The Labute approximate surface area is 205 Å². The molecule has 0 saturated carbocycles. The van der Waals surface area contributed by atoms with Crippen molar-refractivity contribution in [2.45, 2.75) is 19.9 Å². The first-order chi connectivity index (χ1) is 16.5. The number of ether oxygens (including phenoxy) is 3. The van der Waals surface area contributed by atoms with E-state index in [9.17, 15) is 9.59 Å². The molecule has 0 unspecified atom stereocenters. The minimum atomic E-state index is -0.736. The fourth-order valence-electron chi connectivity index (χ4n) is 3.74. The van der Waals surface area contributed by atoms with Crippen molar-refractivity contribution in [2.75, 3.05) is 20.3 Å². The van der Waals surface area contributed by atoms with Crippen molar-refractivity contribution in [3.63, 3.8) is 0 Å². The van der Waals surface area contributed by atoms with Crippen LogP contribution in [0.4, 0.5) is 0 Å². The molecule has 0 N–H and O–H groups in total. The highest BCUT2D eigenvalue weighted by atomic mass is 35.5. The van der Waals surface area contributed by atoms with Crippen molar-refractivity contribution in [3.8, 4) is 11.5 Å². The molecular formula is C25H23ClN2O5S. The smallest absolute Gasteiger partial charge is 0.337 e. The van der Waals surface area contributed by atoms with E-state index in [1.807, 2.05) is 32.0 Å². The van der Waals surface area contributed by atoms with Gasteiger partial charge in [0.1, 0.15) is 0 Å². The summed E-state index contributed by atoms with van der Waals surface area (Å²) in [5.74, 6) is 0.555. The number of thiazole rings is 1. The topological polar surface area (TPSA) is 79.1 Å². The second-order valence-electron chi connectivity index (χ2n) is 7.30. The van der Waals surface area contributed by atoms with Crippen LogP contribution in [0, 0.1) is 0 Å². The van der Waals surface area contributed by atoms with Gasteiger partial charge in [-0.25, -0.2) is 9.79 Å². The summed E-state index contributed by atoms with van der Waals surface area (Å²) in [7, 11) is 1.30. The number of rotatable bonds is 7. The van der Waals surface area contributed by atoms with Gasteiger partial charge in [0.2, 0.25) is 0 Å². The summed E-state index contributed by atoms with van der Waals surface area (Å²) in [5, 5.41) is 0.574. The SMILES string of the molecule is CCOc1ccc([C@H]2C(C(=O)OC)=CN=c3s/c(=C\c4cccc(Cl)c4)c(=O)n32)cc1OCC. The number of carbonyl (C=O) groups excluding carboxylic acids is 1. The van der Waals surface area contributed by atoms with Crippen molar-refractivity contribution in [2.24, 2.45) is 4.99 Å². The van der Waals surface area contributed by atoms with Crippen LogP contribution < -0.4 is 24.4 Å². The molecule has 1 atom stereocenters. The van der Waals surface area contributed by atoms with Gasteiger partial charge in [0.15, 0.2) is 16.3 Å². The van der Waals surface area contributed by atoms with Gasteiger partial charge in [0, 0.05) is 11.2 Å². The molecule has 3 aromatic rings. The molecule has 2 aromatic carbocycles. The fraction of sp³-hybridized carbons (Fsp3) is 0.240. The molecular weight excluding hydrogens is 476 g/mol. The Morgan fingerprint density at radius 3 is 2.62 bits per heavy atom. The second-order valence-corrected chi connectivity index (χ2v) is 8.75. The number of fused-ring (bicyclic) bond motifs is 1. The van der Waals surface area contributed by atoms with Gasteiger partial charge in [-0.15, -0.1) is 0 Å². The third-order valence-corrected chi connectivity index (χ3v) is 6.39. The molecule has 0 aliphatic carbocycles. The molecule has 176 valence electrons. The highest BCUT2D eigenvalue weighted by Gasteiger charge is 2.31. The minimum Gasteiger partial charge on any atom is -0.490 e. The average molecular weight is 499 g/mol. The van der Waals surface area contributed by atoms with Crippen LogP contribution in [0.3, 0.4) is 0 Å². The van der Waals surface area contributed by atoms with Gasteiger partial charge >= 0.3 is 5.97 Å². The maximum atomic E-state index is 13.5. The van der Waals surface area contributed by atoms with Crippen LogP contribution in [0.15, 0.2) is 64.0 Å². The van der Waals surface area contributed by atoms with Crippen molar-refractivity contribution >= 4 is 35.0 Å². The van der Waals surface area contributed by atoms with Crippen LogP contribution >= 0.6 is 22.9 Å². The Balaban J connectivity index is 1.91. The summed E-state index contributed by atoms with van der Waals surface area (Å²) in [6.45, 7) is 4.68. The lowest BCUT2D eigenvalue weighted by Crippen LogP contribution is -2.39. The Morgan fingerprint density at radius 1 is 1.15 bits per heavy atom. The molecule has 9 heteroatoms. The lowest BCUT2D eigenvalue weighted by atomic mass is 9.97. The van der Waals surface area contributed by atoms with E-state index in [-0.39, 0.29) is 11.1 Å². The number of benzene rings is 2. The molecule has 0 bridgehead atoms. The Morgan fingerprint density at radius 2 is 1.91 bits per heavy atom. The molecule has 7 nitrogen and oxygen atoms in total. The van der Waals surface area contributed by atoms with Crippen molar-refractivity contribution < 1.29 is 19.0 Å². The van der Waals surface area contributed by atoms with E-state index in [0.717, 1.165) is 5.56 Å². The van der Waals surface area contributed by atoms with Gasteiger partial charge < -0.3 is 14.2 Å². The summed E-state index contributed by atoms with van der Waals surface area (Å²) in [5.41, 5.74) is 1.45. The quantitative estimate of drug-likeness (QED) is 0.466. The van der Waals surface area contributed by atoms with Crippen LogP contribution in [0.2, 0.25) is 5.02 Å². The van der Waals surface area contributed by atoms with E-state index in [1.165, 1.54) is 29.2 Å². The molecule has 1 aromatic heterocycles. The zero-order valence-electron chi connectivity index (χ0n) is 18.9. The first-order valence-electron chi connectivity index (χ1n) is 10.7. The average Bonchev–Trinajstić information content (AvgIpc) is 3.14. The van der Waals surface area contributed by atoms with Crippen LogP contribution in [-0.2, 0) is 9.53 Å². The van der Waals surface area contributed by atoms with Gasteiger partial charge in [-0.3, -0.25) is 9.36 Å². The molecule has 1 aliphatic heterocycles. The lowest BCUT2D eigenvalue weighted by Gasteiger charge is -2.23. The molecule has 1 aliphatic rings. The first kappa shape index (κ1) is 23.8. The number of halogens is 1. The van der Waals surface area contributed by atoms with Crippen LogP contribution in [-0.4, -0.2) is 30.9 Å². The Kier molecular flexibility index (Phi) is 7.19. The van der Waals surface area contributed by atoms with Crippen molar-refractivity contribution in [1.82, 2.24) is 4.57 Å².